The van der Waals surface area contributed by atoms with Gasteiger partial charge in [-0.25, -0.2) is 4.79 Å². The largest absolute Gasteiger partial charge is 0.444 e. The van der Waals surface area contributed by atoms with E-state index in [1.54, 1.807) is 20.8 Å². The Morgan fingerprint density at radius 1 is 1.00 bits per heavy atom. The van der Waals surface area contributed by atoms with E-state index in [0.29, 0.717) is 25.8 Å². The topological polar surface area (TPSA) is 148 Å². The third-order valence-corrected chi connectivity index (χ3v) is 6.35. The Kier molecular flexibility index (Phi) is 14.3. The molecular formula is C25H42Cl2N4O6. The maximum absolute atomic E-state index is 13.6. The van der Waals surface area contributed by atoms with Crippen molar-refractivity contribution in [2.24, 2.45) is 11.7 Å². The number of nitrogens with zero attached hydrogens (tertiary/aromatic N) is 1. The average Bonchev–Trinajstić information content (AvgIpc) is 3.31. The first-order valence-corrected chi connectivity index (χ1v) is 14.0. The van der Waals surface area contributed by atoms with Crippen molar-refractivity contribution in [3.05, 3.63) is 0 Å². The summed E-state index contributed by atoms with van der Waals surface area (Å²) in [6.07, 6.45) is 5.90. The summed E-state index contributed by atoms with van der Waals surface area (Å²) in [5.74, 6) is -2.79. The number of ketones is 1. The maximum atomic E-state index is 13.6. The first-order valence-electron chi connectivity index (χ1n) is 12.9. The minimum absolute atomic E-state index is 0.0395. The van der Waals surface area contributed by atoms with Crippen molar-refractivity contribution >= 4 is 52.8 Å². The van der Waals surface area contributed by atoms with Crippen molar-refractivity contribution in [1.29, 1.82) is 0 Å². The summed E-state index contributed by atoms with van der Waals surface area (Å²) in [5.41, 5.74) is 4.42. The number of alkyl halides is 2. The Labute approximate surface area is 229 Å². The molecule has 2 rings (SSSR count). The highest BCUT2D eigenvalue weighted by Crippen LogP contribution is 2.29. The minimum atomic E-state index is -1.10. The number of likely N-dealkylation sites (tertiary alicyclic amines) is 1. The van der Waals surface area contributed by atoms with Crippen molar-refractivity contribution < 1.29 is 28.7 Å². The molecule has 1 saturated heterocycles. The van der Waals surface area contributed by atoms with Crippen LogP contribution >= 0.6 is 23.2 Å². The second kappa shape index (κ2) is 16.0. The number of Topliss-reactive ketones (excluding diaryl/α,β-unsaturated/α-hetero) is 1. The first-order chi connectivity index (χ1) is 17.4. The van der Waals surface area contributed by atoms with Gasteiger partial charge in [0.2, 0.25) is 17.6 Å². The van der Waals surface area contributed by atoms with Gasteiger partial charge < -0.3 is 26.0 Å². The number of carbonyl (C=O) groups is 5. The van der Waals surface area contributed by atoms with E-state index in [9.17, 15) is 24.0 Å². The predicted octanol–water partition coefficient (Wildman–Crippen LogP) is 3.21. The van der Waals surface area contributed by atoms with E-state index in [1.165, 1.54) is 4.90 Å². The van der Waals surface area contributed by atoms with Crippen molar-refractivity contribution in [1.82, 2.24) is 15.5 Å². The van der Waals surface area contributed by atoms with Crippen LogP contribution in [0.3, 0.4) is 0 Å². The van der Waals surface area contributed by atoms with Crippen LogP contribution in [-0.4, -0.2) is 70.1 Å². The number of hydrogen-bond acceptors (Lipinski definition) is 6. The number of nitrogens with two attached hydrogens (primary N) is 1. The molecule has 10 nitrogen and oxygen atoms in total. The maximum Gasteiger partial charge on any atom is 0.408 e. The molecule has 4 amide bonds. The van der Waals surface area contributed by atoms with Gasteiger partial charge in [-0.15, -0.1) is 23.2 Å². The molecule has 4 N–H and O–H groups in total. The zero-order valence-corrected chi connectivity index (χ0v) is 23.8. The van der Waals surface area contributed by atoms with Gasteiger partial charge in [0.15, 0.2) is 0 Å². The highest BCUT2D eigenvalue weighted by atomic mass is 35.5. The second-order valence-corrected chi connectivity index (χ2v) is 11.2. The van der Waals surface area contributed by atoms with E-state index in [2.05, 4.69) is 10.6 Å². The molecule has 1 saturated carbocycles. The lowest BCUT2D eigenvalue weighted by molar-refractivity contribution is -0.143. The molecule has 2 fully saturated rings. The lowest BCUT2D eigenvalue weighted by Crippen LogP contribution is -2.58. The average molecular weight is 566 g/mol. The number of hydrogen-bond donors (Lipinski definition) is 3. The number of ether oxygens (including phenoxy) is 1. The van der Waals surface area contributed by atoms with Crippen molar-refractivity contribution in [2.75, 3.05) is 11.9 Å². The number of amides is 4. The number of halogens is 2. The number of nitrogens with one attached hydrogen (secondary N) is 2. The number of primary amides is 1. The zero-order valence-electron chi connectivity index (χ0n) is 22.3. The molecule has 0 radical (unpaired) electrons. The summed E-state index contributed by atoms with van der Waals surface area (Å²) in [6.45, 7) is 7.47. The molecule has 0 aromatic heterocycles. The Hall–Kier alpha value is -2.07. The monoisotopic (exact) mass is 564 g/mol. The van der Waals surface area contributed by atoms with E-state index in [-0.39, 0.29) is 23.6 Å². The van der Waals surface area contributed by atoms with Crippen LogP contribution in [0.5, 0.6) is 0 Å². The molecule has 0 bridgehead atoms. The summed E-state index contributed by atoms with van der Waals surface area (Å²) >= 11 is 9.53. The standard InChI is InChI=1S/C24H40N4O6.CH2Cl2/c1-5-10-16(19(29)20(25)30)26-21(31)17-13-9-14-28(17)22(32)18(15-11-7-6-8-12-15)27-23(33)34-24(2,3)4;2-1-3/h15-18H,5-14H2,1-4H3,(H2,25,30)(H,26,31)(H,27,33);1H2/t16?,17-,18-;/m0./s1. The van der Waals surface area contributed by atoms with Gasteiger partial charge in [-0.2, -0.15) is 0 Å². The van der Waals surface area contributed by atoms with E-state index >= 15 is 0 Å². The van der Waals surface area contributed by atoms with Gasteiger partial charge in [0.25, 0.3) is 5.91 Å². The third kappa shape index (κ3) is 11.1. The van der Waals surface area contributed by atoms with Crippen LogP contribution in [0.1, 0.15) is 85.5 Å². The number of alkyl carbamates (subject to hydrolysis) is 1. The summed E-state index contributed by atoms with van der Waals surface area (Å²) in [6, 6.07) is -2.58. The molecule has 0 aromatic carbocycles. The van der Waals surface area contributed by atoms with Crippen LogP contribution in [0, 0.1) is 5.92 Å². The first kappa shape index (κ1) is 33.0. The Bertz CT molecular complexity index is 799. The zero-order chi connectivity index (χ0) is 28.2. The lowest BCUT2D eigenvalue weighted by atomic mass is 9.83. The van der Waals surface area contributed by atoms with Crippen molar-refractivity contribution in [3.8, 4) is 0 Å². The van der Waals surface area contributed by atoms with E-state index in [1.807, 2.05) is 6.92 Å². The Morgan fingerprint density at radius 2 is 1.59 bits per heavy atom. The third-order valence-electron chi connectivity index (χ3n) is 6.35. The van der Waals surface area contributed by atoms with Crippen LogP contribution in [0.4, 0.5) is 4.79 Å². The Morgan fingerprint density at radius 3 is 2.11 bits per heavy atom. The van der Waals surface area contributed by atoms with Crippen LogP contribution < -0.4 is 16.4 Å². The fraction of sp³-hybridized carbons (Fsp3) is 0.800. The molecule has 1 aliphatic carbocycles. The minimum Gasteiger partial charge on any atom is -0.444 e. The Balaban J connectivity index is 0.00000217. The predicted molar refractivity (Wildman–Crippen MR) is 142 cm³/mol. The molecule has 12 heteroatoms. The van der Waals surface area contributed by atoms with Gasteiger partial charge in [-0.3, -0.25) is 19.2 Å². The van der Waals surface area contributed by atoms with Crippen molar-refractivity contribution in [3.63, 3.8) is 0 Å². The van der Waals surface area contributed by atoms with Crippen LogP contribution in [0.2, 0.25) is 0 Å². The molecule has 0 spiro atoms. The molecule has 212 valence electrons. The van der Waals surface area contributed by atoms with E-state index < -0.39 is 47.4 Å². The SMILES string of the molecule is CCCC(NC(=O)[C@@H]1CCCN1C(=O)[C@@H](NC(=O)OC(C)(C)C)C1CCCCC1)C(=O)C(N)=O.ClCCl. The molecule has 1 unspecified atom stereocenters. The van der Waals surface area contributed by atoms with E-state index in [4.69, 9.17) is 33.7 Å². The van der Waals surface area contributed by atoms with Gasteiger partial charge >= 0.3 is 6.09 Å². The molecular weight excluding hydrogens is 523 g/mol. The number of carbonyl (C=O) groups excluding carboxylic acids is 5. The van der Waals surface area contributed by atoms with Crippen LogP contribution in [0.25, 0.3) is 0 Å². The highest BCUT2D eigenvalue weighted by Gasteiger charge is 2.42. The van der Waals surface area contributed by atoms with Crippen molar-refractivity contribution in [2.45, 2.75) is 109 Å². The van der Waals surface area contributed by atoms with Gasteiger partial charge in [-0.1, -0.05) is 32.6 Å². The van der Waals surface area contributed by atoms with E-state index in [0.717, 1.165) is 32.1 Å². The lowest BCUT2D eigenvalue weighted by Gasteiger charge is -2.35. The molecule has 1 heterocycles. The summed E-state index contributed by atoms with van der Waals surface area (Å²) in [5, 5.41) is 5.59. The number of rotatable bonds is 9. The summed E-state index contributed by atoms with van der Waals surface area (Å²) < 4.78 is 5.39. The van der Waals surface area contributed by atoms with Gasteiger partial charge in [0.05, 0.1) is 11.4 Å². The van der Waals surface area contributed by atoms with Gasteiger partial charge in [0, 0.05) is 6.54 Å². The highest BCUT2D eigenvalue weighted by molar-refractivity contribution is 6.40. The molecule has 2 aliphatic rings. The van der Waals surface area contributed by atoms with Crippen LogP contribution in [-0.2, 0) is 23.9 Å². The molecule has 0 aromatic rings. The van der Waals surface area contributed by atoms with Gasteiger partial charge in [-0.05, 0) is 58.8 Å². The molecule has 1 aliphatic heterocycles. The van der Waals surface area contributed by atoms with Gasteiger partial charge in [0.1, 0.15) is 17.7 Å². The quantitative estimate of drug-likeness (QED) is 0.289. The molecule has 37 heavy (non-hydrogen) atoms. The fourth-order valence-corrected chi connectivity index (χ4v) is 4.76. The summed E-state index contributed by atoms with van der Waals surface area (Å²) in [7, 11) is 0. The smallest absolute Gasteiger partial charge is 0.408 e. The molecule has 3 atom stereocenters. The fourth-order valence-electron chi connectivity index (χ4n) is 4.76. The second-order valence-electron chi connectivity index (χ2n) is 10.4. The van der Waals surface area contributed by atoms with Crippen LogP contribution in [0.15, 0.2) is 0 Å². The summed E-state index contributed by atoms with van der Waals surface area (Å²) in [4.78, 5) is 64.2. The normalized spacial score (nSPS) is 19.6.